The van der Waals surface area contributed by atoms with E-state index in [0.29, 0.717) is 31.5 Å². The zero-order valence-corrected chi connectivity index (χ0v) is 16.9. The summed E-state index contributed by atoms with van der Waals surface area (Å²) < 4.78 is 14.6. The number of aromatic nitrogens is 1. The van der Waals surface area contributed by atoms with Crippen molar-refractivity contribution in [3.8, 4) is 0 Å². The molecule has 28 heavy (non-hydrogen) atoms. The summed E-state index contributed by atoms with van der Waals surface area (Å²) in [4.78, 5) is 32.4. The van der Waals surface area contributed by atoms with Gasteiger partial charge in [-0.25, -0.2) is 9.37 Å². The summed E-state index contributed by atoms with van der Waals surface area (Å²) in [5, 5.41) is 4.07. The third-order valence-electron chi connectivity index (χ3n) is 5.90. The van der Waals surface area contributed by atoms with Gasteiger partial charge in [-0.1, -0.05) is 18.2 Å². The van der Waals surface area contributed by atoms with Gasteiger partial charge in [0.1, 0.15) is 5.82 Å². The number of hydrogen-bond donors (Lipinski definition) is 1. The lowest BCUT2D eigenvalue weighted by molar-refractivity contribution is -0.131. The minimum absolute atomic E-state index is 0.00443. The van der Waals surface area contributed by atoms with Gasteiger partial charge in [0.15, 0.2) is 0 Å². The molecule has 1 aromatic carbocycles. The molecule has 2 aliphatic rings. The van der Waals surface area contributed by atoms with Crippen molar-refractivity contribution in [3.05, 3.63) is 51.2 Å². The molecule has 2 atom stereocenters. The fourth-order valence-electron chi connectivity index (χ4n) is 4.59. The lowest BCUT2D eigenvalue weighted by Gasteiger charge is -2.39. The Morgan fingerprint density at radius 1 is 1.39 bits per heavy atom. The first-order valence-corrected chi connectivity index (χ1v) is 10.5. The summed E-state index contributed by atoms with van der Waals surface area (Å²) in [5.41, 5.74) is 0.873. The fraction of sp³-hybridized carbons (Fsp3) is 0.476. The van der Waals surface area contributed by atoms with E-state index in [9.17, 15) is 14.0 Å². The van der Waals surface area contributed by atoms with Crippen LogP contribution in [0.5, 0.6) is 0 Å². The minimum Gasteiger partial charge on any atom is -0.348 e. The van der Waals surface area contributed by atoms with Crippen molar-refractivity contribution >= 4 is 23.2 Å². The molecule has 1 spiro atoms. The summed E-state index contributed by atoms with van der Waals surface area (Å²) in [6.07, 6.45) is 2.29. The van der Waals surface area contributed by atoms with Gasteiger partial charge in [-0.2, -0.15) is 0 Å². The maximum atomic E-state index is 14.6. The third kappa shape index (κ3) is 3.43. The predicted octanol–water partition coefficient (Wildman–Crippen LogP) is 3.11. The van der Waals surface area contributed by atoms with Gasteiger partial charge in [-0.15, -0.1) is 11.3 Å². The summed E-state index contributed by atoms with van der Waals surface area (Å²) in [6, 6.07) is 6.69. The molecule has 5 nitrogen and oxygen atoms in total. The molecule has 2 aromatic rings. The van der Waals surface area contributed by atoms with Crippen molar-refractivity contribution in [3.63, 3.8) is 0 Å². The molecule has 2 fully saturated rings. The first kappa shape index (κ1) is 19.1. The number of likely N-dealkylation sites (tertiary alicyclic amines) is 1. The second-order valence-corrected chi connectivity index (χ2v) is 9.11. The van der Waals surface area contributed by atoms with Crippen LogP contribution in [0.25, 0.3) is 0 Å². The highest BCUT2D eigenvalue weighted by Crippen LogP contribution is 2.42. The Balaban J connectivity index is 1.62. The fourth-order valence-corrected chi connectivity index (χ4v) is 5.52. The lowest BCUT2D eigenvalue weighted by atomic mass is 9.76. The SMILES string of the molecule is Cc1nc(C)c(CC(=O)N2C[C@@H](c3ccccc3F)[C@@]3(CCCC(=O)N3)C2)s1. The molecule has 1 aromatic heterocycles. The van der Waals surface area contributed by atoms with Gasteiger partial charge in [0.05, 0.1) is 22.7 Å². The third-order valence-corrected chi connectivity index (χ3v) is 6.98. The van der Waals surface area contributed by atoms with E-state index in [0.717, 1.165) is 28.4 Å². The van der Waals surface area contributed by atoms with Gasteiger partial charge >= 0.3 is 0 Å². The second kappa shape index (κ2) is 7.28. The molecule has 2 amide bonds. The van der Waals surface area contributed by atoms with Crippen molar-refractivity contribution in [2.75, 3.05) is 13.1 Å². The smallest absolute Gasteiger partial charge is 0.227 e. The molecule has 7 heteroatoms. The van der Waals surface area contributed by atoms with E-state index in [1.807, 2.05) is 19.9 Å². The van der Waals surface area contributed by atoms with E-state index >= 15 is 0 Å². The highest BCUT2D eigenvalue weighted by atomic mass is 32.1. The van der Waals surface area contributed by atoms with Gasteiger partial charge < -0.3 is 10.2 Å². The molecule has 0 radical (unpaired) electrons. The number of nitrogens with one attached hydrogen (secondary N) is 1. The Bertz CT molecular complexity index is 928. The van der Waals surface area contributed by atoms with E-state index in [1.165, 1.54) is 6.07 Å². The van der Waals surface area contributed by atoms with Crippen LogP contribution in [0.3, 0.4) is 0 Å². The largest absolute Gasteiger partial charge is 0.348 e. The average molecular weight is 402 g/mol. The average Bonchev–Trinajstić information content (AvgIpc) is 3.15. The zero-order chi connectivity index (χ0) is 19.9. The molecule has 2 saturated heterocycles. The molecule has 0 aliphatic carbocycles. The highest BCUT2D eigenvalue weighted by molar-refractivity contribution is 7.11. The molecule has 148 valence electrons. The number of hydrogen-bond acceptors (Lipinski definition) is 4. The molecular weight excluding hydrogens is 377 g/mol. The van der Waals surface area contributed by atoms with E-state index in [1.54, 1.807) is 28.4 Å². The number of thiazole rings is 1. The summed E-state index contributed by atoms with van der Waals surface area (Å²) >= 11 is 1.54. The number of aryl methyl sites for hydroxylation is 2. The molecular formula is C21H24FN3O2S. The number of benzene rings is 1. The maximum Gasteiger partial charge on any atom is 0.227 e. The second-order valence-electron chi connectivity index (χ2n) is 7.82. The standard InChI is InChI=1S/C21H24FN3O2S/c1-13-18(28-14(2)23-13)10-20(27)25-11-16(15-6-3-4-7-17(15)22)21(12-25)9-5-8-19(26)24-21/h3-4,6-7,16H,5,8-12H2,1-2H3,(H,24,26)/t16-,21+/m0/s1. The Hall–Kier alpha value is -2.28. The molecule has 0 unspecified atom stereocenters. The van der Waals surface area contributed by atoms with Gasteiger partial charge in [0, 0.05) is 30.3 Å². The van der Waals surface area contributed by atoms with E-state index in [2.05, 4.69) is 10.3 Å². The molecule has 1 N–H and O–H groups in total. The van der Waals surface area contributed by atoms with Crippen molar-refractivity contribution < 1.29 is 14.0 Å². The topological polar surface area (TPSA) is 62.3 Å². The quantitative estimate of drug-likeness (QED) is 0.860. The normalized spacial score (nSPS) is 24.6. The minimum atomic E-state index is -0.591. The van der Waals surface area contributed by atoms with E-state index in [-0.39, 0.29) is 23.5 Å². The number of rotatable bonds is 3. The Morgan fingerprint density at radius 2 is 2.18 bits per heavy atom. The summed E-state index contributed by atoms with van der Waals surface area (Å²) in [6.45, 7) is 4.69. The van der Waals surface area contributed by atoms with Crippen LogP contribution in [0.1, 0.15) is 46.3 Å². The number of carbonyl (C=O) groups is 2. The lowest BCUT2D eigenvalue weighted by Crippen LogP contribution is -2.56. The van der Waals surface area contributed by atoms with Crippen molar-refractivity contribution in [2.24, 2.45) is 0 Å². The number of piperidine rings is 1. The van der Waals surface area contributed by atoms with Crippen LogP contribution in [-0.2, 0) is 16.0 Å². The molecule has 4 rings (SSSR count). The first-order chi connectivity index (χ1) is 13.4. The van der Waals surface area contributed by atoms with Crippen molar-refractivity contribution in [1.29, 1.82) is 0 Å². The predicted molar refractivity (Wildman–Crippen MR) is 106 cm³/mol. The molecule has 2 aliphatic heterocycles. The highest BCUT2D eigenvalue weighted by Gasteiger charge is 2.51. The van der Waals surface area contributed by atoms with Crippen LogP contribution in [0.15, 0.2) is 24.3 Å². The molecule has 0 bridgehead atoms. The zero-order valence-electron chi connectivity index (χ0n) is 16.1. The van der Waals surface area contributed by atoms with Gasteiger partial charge in [0.2, 0.25) is 11.8 Å². The van der Waals surface area contributed by atoms with Crippen molar-refractivity contribution in [2.45, 2.75) is 51.0 Å². The van der Waals surface area contributed by atoms with Crippen LogP contribution in [0, 0.1) is 19.7 Å². The van der Waals surface area contributed by atoms with Gasteiger partial charge in [-0.3, -0.25) is 9.59 Å². The van der Waals surface area contributed by atoms with Crippen LogP contribution >= 0.6 is 11.3 Å². The monoisotopic (exact) mass is 401 g/mol. The Labute approximate surface area is 168 Å². The van der Waals surface area contributed by atoms with Crippen LogP contribution in [0.2, 0.25) is 0 Å². The number of halogens is 1. The van der Waals surface area contributed by atoms with Gasteiger partial charge in [0.25, 0.3) is 0 Å². The number of carbonyl (C=O) groups excluding carboxylic acids is 2. The Morgan fingerprint density at radius 3 is 2.86 bits per heavy atom. The number of amides is 2. The molecule has 3 heterocycles. The number of nitrogens with zero attached hydrogens (tertiary/aromatic N) is 2. The maximum absolute atomic E-state index is 14.6. The van der Waals surface area contributed by atoms with Crippen LogP contribution < -0.4 is 5.32 Å². The molecule has 0 saturated carbocycles. The summed E-state index contributed by atoms with van der Waals surface area (Å²) in [5.74, 6) is -0.540. The van der Waals surface area contributed by atoms with Crippen molar-refractivity contribution in [1.82, 2.24) is 15.2 Å². The Kier molecular flexibility index (Phi) is 4.95. The summed E-state index contributed by atoms with van der Waals surface area (Å²) in [7, 11) is 0. The van der Waals surface area contributed by atoms with Gasteiger partial charge in [-0.05, 0) is 38.3 Å². The van der Waals surface area contributed by atoms with Crippen LogP contribution in [0.4, 0.5) is 4.39 Å². The van der Waals surface area contributed by atoms with E-state index in [4.69, 9.17) is 0 Å². The first-order valence-electron chi connectivity index (χ1n) is 9.64. The van der Waals surface area contributed by atoms with E-state index < -0.39 is 5.54 Å². The van der Waals surface area contributed by atoms with Crippen LogP contribution in [-0.4, -0.2) is 40.3 Å².